The molecule has 2 N–H and O–H groups in total. The molecule has 1 aromatic rings. The Bertz CT molecular complexity index is 451. The summed E-state index contributed by atoms with van der Waals surface area (Å²) in [4.78, 5) is 0. The Morgan fingerprint density at radius 3 is 2.20 bits per heavy atom. The molecule has 0 spiro atoms. The predicted molar refractivity (Wildman–Crippen MR) is 68.0 cm³/mol. The van der Waals surface area contributed by atoms with Gasteiger partial charge in [0.1, 0.15) is 0 Å². The Labute approximate surface area is 115 Å². The average Bonchev–Trinajstić information content (AvgIpc) is 2.43. The van der Waals surface area contributed by atoms with Gasteiger partial charge in [0.25, 0.3) is 0 Å². The Kier molecular flexibility index (Phi) is 5.24. The number of alkyl halides is 3. The lowest BCUT2D eigenvalue weighted by Crippen LogP contribution is -2.47. The molecule has 20 heavy (non-hydrogen) atoms. The topological polar surface area (TPSA) is 50.7 Å². The van der Waals surface area contributed by atoms with E-state index >= 15 is 0 Å². The Morgan fingerprint density at radius 1 is 1.15 bits per heavy atom. The van der Waals surface area contributed by atoms with E-state index in [-0.39, 0.29) is 0 Å². The molecule has 0 aromatic heterocycles. The monoisotopic (exact) mass is 293 g/mol. The van der Waals surface area contributed by atoms with E-state index in [4.69, 9.17) is 9.47 Å². The fourth-order valence-corrected chi connectivity index (χ4v) is 1.72. The molecule has 7 heteroatoms. The Morgan fingerprint density at radius 2 is 1.75 bits per heavy atom. The molecule has 0 aliphatic heterocycles. The minimum Gasteiger partial charge on any atom is -0.493 e. The van der Waals surface area contributed by atoms with E-state index in [1.54, 1.807) is 18.2 Å². The van der Waals surface area contributed by atoms with Gasteiger partial charge in [0, 0.05) is 0 Å². The number of benzene rings is 1. The molecule has 1 unspecified atom stereocenters. The number of hydrogen-bond donors (Lipinski definition) is 2. The standard InChI is InChI=1S/C13H18F3NO3/c1-12(8-18,17-7-13(14,15)16)9-4-5-10(19-2)11(6-9)20-3/h4-6,17-18H,7-8H2,1-3H3. The van der Waals surface area contributed by atoms with Crippen LogP contribution in [0.25, 0.3) is 0 Å². The van der Waals surface area contributed by atoms with Crippen molar-refractivity contribution in [1.29, 1.82) is 0 Å². The minimum absolute atomic E-state index is 0.387. The van der Waals surface area contributed by atoms with E-state index in [9.17, 15) is 18.3 Å². The van der Waals surface area contributed by atoms with Gasteiger partial charge in [0.05, 0.1) is 32.9 Å². The van der Waals surface area contributed by atoms with Gasteiger partial charge in [0.2, 0.25) is 0 Å². The smallest absolute Gasteiger partial charge is 0.401 e. The first-order valence-electron chi connectivity index (χ1n) is 5.91. The third-order valence-corrected chi connectivity index (χ3v) is 3.02. The number of aliphatic hydroxyl groups excluding tert-OH is 1. The number of hydrogen-bond acceptors (Lipinski definition) is 4. The van der Waals surface area contributed by atoms with Crippen LogP contribution in [0, 0.1) is 0 Å². The zero-order chi connectivity index (χ0) is 15.4. The maximum Gasteiger partial charge on any atom is 0.401 e. The number of rotatable bonds is 6. The highest BCUT2D eigenvalue weighted by Gasteiger charge is 2.34. The molecule has 0 bridgehead atoms. The van der Waals surface area contributed by atoms with E-state index in [0.29, 0.717) is 17.1 Å². The largest absolute Gasteiger partial charge is 0.493 e. The molecule has 1 rings (SSSR count). The lowest BCUT2D eigenvalue weighted by Gasteiger charge is -2.30. The van der Waals surface area contributed by atoms with Crippen LogP contribution in [0.3, 0.4) is 0 Å². The molecule has 0 aliphatic carbocycles. The molecule has 0 saturated carbocycles. The summed E-state index contributed by atoms with van der Waals surface area (Å²) in [5.74, 6) is 0.853. The Hall–Kier alpha value is -1.47. The van der Waals surface area contributed by atoms with Gasteiger partial charge in [-0.3, -0.25) is 5.32 Å². The van der Waals surface area contributed by atoms with E-state index in [1.165, 1.54) is 21.1 Å². The van der Waals surface area contributed by atoms with Crippen molar-refractivity contribution in [2.45, 2.75) is 18.6 Å². The third kappa shape index (κ3) is 4.01. The highest BCUT2D eigenvalue weighted by Crippen LogP contribution is 2.32. The number of halogens is 3. The molecular formula is C13H18F3NO3. The number of methoxy groups -OCH3 is 2. The molecule has 0 aliphatic rings. The summed E-state index contributed by atoms with van der Waals surface area (Å²) in [5.41, 5.74) is -0.753. The van der Waals surface area contributed by atoms with Crippen molar-refractivity contribution >= 4 is 0 Å². The zero-order valence-corrected chi connectivity index (χ0v) is 11.5. The van der Waals surface area contributed by atoms with E-state index in [2.05, 4.69) is 5.32 Å². The van der Waals surface area contributed by atoms with Gasteiger partial charge < -0.3 is 14.6 Å². The molecule has 1 aromatic carbocycles. The molecule has 0 radical (unpaired) electrons. The molecule has 0 fully saturated rings. The minimum atomic E-state index is -4.35. The van der Waals surface area contributed by atoms with Crippen LogP contribution in [-0.2, 0) is 5.54 Å². The van der Waals surface area contributed by atoms with Crippen LogP contribution >= 0.6 is 0 Å². The summed E-state index contributed by atoms with van der Waals surface area (Å²) in [5, 5.41) is 11.7. The van der Waals surface area contributed by atoms with Gasteiger partial charge in [-0.1, -0.05) is 6.07 Å². The van der Waals surface area contributed by atoms with Crippen LogP contribution in [-0.4, -0.2) is 38.7 Å². The molecule has 4 nitrogen and oxygen atoms in total. The van der Waals surface area contributed by atoms with Crippen molar-refractivity contribution in [3.8, 4) is 11.5 Å². The van der Waals surface area contributed by atoms with Gasteiger partial charge in [-0.25, -0.2) is 0 Å². The number of aliphatic hydroxyl groups is 1. The fourth-order valence-electron chi connectivity index (χ4n) is 1.72. The number of ether oxygens (including phenoxy) is 2. The van der Waals surface area contributed by atoms with Crippen molar-refractivity contribution in [3.05, 3.63) is 23.8 Å². The molecule has 0 amide bonds. The SMILES string of the molecule is COc1ccc(C(C)(CO)NCC(F)(F)F)cc1OC. The summed E-state index contributed by atoms with van der Waals surface area (Å²) in [6.07, 6.45) is -4.35. The maximum atomic E-state index is 12.3. The quantitative estimate of drug-likeness (QED) is 0.843. The second kappa shape index (κ2) is 6.32. The first-order valence-corrected chi connectivity index (χ1v) is 5.91. The van der Waals surface area contributed by atoms with Crippen molar-refractivity contribution < 1.29 is 27.8 Å². The van der Waals surface area contributed by atoms with Gasteiger partial charge in [-0.15, -0.1) is 0 Å². The van der Waals surface area contributed by atoms with Crippen LogP contribution in [0.15, 0.2) is 18.2 Å². The normalized spacial score (nSPS) is 14.8. The van der Waals surface area contributed by atoms with Gasteiger partial charge in [0.15, 0.2) is 11.5 Å². The van der Waals surface area contributed by atoms with E-state index in [1.807, 2.05) is 0 Å². The first-order chi connectivity index (χ1) is 9.25. The molecule has 1 atom stereocenters. The summed E-state index contributed by atoms with van der Waals surface area (Å²) in [6, 6.07) is 4.71. The van der Waals surface area contributed by atoms with Crippen LogP contribution in [0.1, 0.15) is 12.5 Å². The lowest BCUT2D eigenvalue weighted by molar-refractivity contribution is -0.129. The second-order valence-corrected chi connectivity index (χ2v) is 4.53. The van der Waals surface area contributed by atoms with E-state index < -0.39 is 24.9 Å². The van der Waals surface area contributed by atoms with E-state index in [0.717, 1.165) is 0 Å². The van der Waals surface area contributed by atoms with Crippen molar-refractivity contribution in [2.24, 2.45) is 0 Å². The van der Waals surface area contributed by atoms with Crippen LogP contribution in [0.2, 0.25) is 0 Å². The third-order valence-electron chi connectivity index (χ3n) is 3.02. The molecule has 0 heterocycles. The van der Waals surface area contributed by atoms with Crippen molar-refractivity contribution in [3.63, 3.8) is 0 Å². The molecular weight excluding hydrogens is 275 g/mol. The van der Waals surface area contributed by atoms with Gasteiger partial charge in [-0.2, -0.15) is 13.2 Å². The maximum absolute atomic E-state index is 12.3. The first kappa shape index (κ1) is 16.6. The molecule has 114 valence electrons. The molecule has 0 saturated heterocycles. The van der Waals surface area contributed by atoms with Crippen molar-refractivity contribution in [1.82, 2.24) is 5.32 Å². The summed E-state index contributed by atoms with van der Waals surface area (Å²) in [7, 11) is 2.89. The summed E-state index contributed by atoms with van der Waals surface area (Å²) >= 11 is 0. The van der Waals surface area contributed by atoms with Gasteiger partial charge in [-0.05, 0) is 24.6 Å². The zero-order valence-electron chi connectivity index (χ0n) is 11.5. The average molecular weight is 293 g/mol. The van der Waals surface area contributed by atoms with Crippen LogP contribution in [0.4, 0.5) is 13.2 Å². The van der Waals surface area contributed by atoms with Gasteiger partial charge >= 0.3 is 6.18 Å². The fraction of sp³-hybridized carbons (Fsp3) is 0.538. The van der Waals surface area contributed by atoms with Crippen LogP contribution < -0.4 is 14.8 Å². The van der Waals surface area contributed by atoms with Crippen LogP contribution in [0.5, 0.6) is 11.5 Å². The summed E-state index contributed by atoms with van der Waals surface area (Å²) in [6.45, 7) is -0.197. The summed E-state index contributed by atoms with van der Waals surface area (Å²) < 4.78 is 47.1. The highest BCUT2D eigenvalue weighted by molar-refractivity contribution is 5.45. The highest BCUT2D eigenvalue weighted by atomic mass is 19.4. The number of nitrogens with one attached hydrogen (secondary N) is 1. The lowest BCUT2D eigenvalue weighted by atomic mass is 9.92. The second-order valence-electron chi connectivity index (χ2n) is 4.53. The van der Waals surface area contributed by atoms with Crippen molar-refractivity contribution in [2.75, 3.05) is 27.4 Å². The Balaban J connectivity index is 3.04. The predicted octanol–water partition coefficient (Wildman–Crippen LogP) is 2.06.